The summed E-state index contributed by atoms with van der Waals surface area (Å²) in [6, 6.07) is 5.31. The number of nitrogens with one attached hydrogen (secondary N) is 1. The Morgan fingerprint density at radius 1 is 1.13 bits per heavy atom. The number of pyridine rings is 1. The molecule has 3 aromatic rings. The van der Waals surface area contributed by atoms with Gasteiger partial charge in [-0.05, 0) is 24.7 Å². The van der Waals surface area contributed by atoms with Crippen LogP contribution in [0.4, 0.5) is 8.78 Å². The second-order valence-corrected chi connectivity index (χ2v) is 7.82. The maximum absolute atomic E-state index is 14.3. The van der Waals surface area contributed by atoms with Crippen molar-refractivity contribution in [2.24, 2.45) is 0 Å². The molecule has 2 aromatic heterocycles. The third-order valence-electron chi connectivity index (χ3n) is 5.62. The molecule has 0 unspecified atom stereocenters. The van der Waals surface area contributed by atoms with Crippen LogP contribution in [-0.4, -0.2) is 65.6 Å². The van der Waals surface area contributed by atoms with Crippen molar-refractivity contribution < 1.29 is 18.4 Å². The van der Waals surface area contributed by atoms with Crippen LogP contribution in [0.3, 0.4) is 0 Å². The number of hydroxylamine groups is 1. The van der Waals surface area contributed by atoms with Gasteiger partial charge < -0.3 is 9.47 Å². The number of piperazine rings is 1. The molecule has 31 heavy (non-hydrogen) atoms. The van der Waals surface area contributed by atoms with Gasteiger partial charge in [-0.15, -0.1) is 0 Å². The zero-order chi connectivity index (χ0) is 22.0. The van der Waals surface area contributed by atoms with Crippen LogP contribution in [-0.2, 0) is 17.9 Å². The molecule has 3 heterocycles. The minimum absolute atomic E-state index is 0.233. The van der Waals surface area contributed by atoms with Crippen molar-refractivity contribution in [1.29, 1.82) is 0 Å². The van der Waals surface area contributed by atoms with Crippen molar-refractivity contribution in [2.45, 2.75) is 13.1 Å². The molecule has 1 saturated heterocycles. The topological polar surface area (TPSA) is 62.6 Å². The Kier molecular flexibility index (Phi) is 6.26. The van der Waals surface area contributed by atoms with Gasteiger partial charge in [-0.2, -0.15) is 0 Å². The Morgan fingerprint density at radius 2 is 1.90 bits per heavy atom. The van der Waals surface area contributed by atoms with E-state index < -0.39 is 17.5 Å². The van der Waals surface area contributed by atoms with Gasteiger partial charge in [0.2, 0.25) is 0 Å². The van der Waals surface area contributed by atoms with Crippen LogP contribution in [0.1, 0.15) is 21.6 Å². The van der Waals surface area contributed by atoms with Gasteiger partial charge in [0.05, 0.1) is 25.4 Å². The average molecular weight is 429 g/mol. The number of likely N-dealkylation sites (N-methyl/N-ethyl adjacent to an activating group) is 1. The van der Waals surface area contributed by atoms with E-state index in [0.29, 0.717) is 12.1 Å². The van der Waals surface area contributed by atoms with Crippen LogP contribution >= 0.6 is 0 Å². The van der Waals surface area contributed by atoms with Crippen LogP contribution in [0.15, 0.2) is 36.7 Å². The fourth-order valence-corrected chi connectivity index (χ4v) is 3.87. The second-order valence-electron chi connectivity index (χ2n) is 7.82. The smallest absolute Gasteiger partial charge is 0.293 e. The largest absolute Gasteiger partial charge is 0.341 e. The molecule has 0 aliphatic carbocycles. The highest BCUT2D eigenvalue weighted by Gasteiger charge is 2.19. The lowest BCUT2D eigenvalue weighted by molar-refractivity contribution is 0.0532. The molecule has 1 aliphatic heterocycles. The van der Waals surface area contributed by atoms with Crippen molar-refractivity contribution in [2.75, 3.05) is 40.3 Å². The third-order valence-corrected chi connectivity index (χ3v) is 5.62. The SMILES string of the molecule is CONC(=O)c1cc2c(CN3CCN(C)CC3)cn(Cc3ccc(F)cc3F)c2cn1. The number of hydrogen-bond donors (Lipinski definition) is 1. The molecule has 4 rings (SSSR count). The van der Waals surface area contributed by atoms with Gasteiger partial charge in [-0.25, -0.2) is 19.2 Å². The van der Waals surface area contributed by atoms with E-state index in [0.717, 1.165) is 48.7 Å². The molecule has 1 amide bonds. The summed E-state index contributed by atoms with van der Waals surface area (Å²) in [6.45, 7) is 4.80. The summed E-state index contributed by atoms with van der Waals surface area (Å²) in [6.07, 6.45) is 3.57. The van der Waals surface area contributed by atoms with E-state index in [-0.39, 0.29) is 12.2 Å². The number of fused-ring (bicyclic) bond motifs is 1. The zero-order valence-corrected chi connectivity index (χ0v) is 17.6. The number of aromatic nitrogens is 2. The molecule has 1 N–H and O–H groups in total. The first-order valence-electron chi connectivity index (χ1n) is 10.1. The van der Waals surface area contributed by atoms with Gasteiger partial charge in [0.1, 0.15) is 17.3 Å². The van der Waals surface area contributed by atoms with Crippen LogP contribution < -0.4 is 5.48 Å². The average Bonchev–Trinajstić information content (AvgIpc) is 3.08. The van der Waals surface area contributed by atoms with Crippen LogP contribution in [0.2, 0.25) is 0 Å². The van der Waals surface area contributed by atoms with Crippen molar-refractivity contribution in [3.8, 4) is 0 Å². The number of hydrogen-bond acceptors (Lipinski definition) is 5. The van der Waals surface area contributed by atoms with Crippen LogP contribution in [0, 0.1) is 11.6 Å². The van der Waals surface area contributed by atoms with Gasteiger partial charge in [0, 0.05) is 55.9 Å². The predicted molar refractivity (Wildman–Crippen MR) is 112 cm³/mol. The molecule has 0 atom stereocenters. The van der Waals surface area contributed by atoms with Gasteiger partial charge in [-0.1, -0.05) is 6.07 Å². The normalized spacial score (nSPS) is 15.5. The number of amides is 1. The summed E-state index contributed by atoms with van der Waals surface area (Å²) in [4.78, 5) is 25.8. The van der Waals surface area contributed by atoms with E-state index in [1.165, 1.54) is 19.2 Å². The van der Waals surface area contributed by atoms with E-state index in [9.17, 15) is 13.6 Å². The molecule has 0 radical (unpaired) electrons. The van der Waals surface area contributed by atoms with E-state index in [1.807, 2.05) is 10.8 Å². The van der Waals surface area contributed by atoms with E-state index in [4.69, 9.17) is 4.84 Å². The van der Waals surface area contributed by atoms with E-state index >= 15 is 0 Å². The molecular weight excluding hydrogens is 404 g/mol. The molecule has 1 aromatic carbocycles. The van der Waals surface area contributed by atoms with Crippen LogP contribution in [0.5, 0.6) is 0 Å². The zero-order valence-electron chi connectivity index (χ0n) is 17.6. The standard InChI is InChI=1S/C22H25F2N5O2/c1-27-5-7-28(8-6-27)12-16-14-29(13-15-3-4-17(23)9-19(15)24)21-11-25-20(10-18(16)21)22(30)26-31-2/h3-4,9-11,14H,5-8,12-13H2,1-2H3,(H,26,30). The maximum atomic E-state index is 14.3. The maximum Gasteiger partial charge on any atom is 0.293 e. The minimum Gasteiger partial charge on any atom is -0.341 e. The number of carbonyl (C=O) groups is 1. The first kappa shape index (κ1) is 21.4. The molecule has 9 heteroatoms. The van der Waals surface area contributed by atoms with Crippen molar-refractivity contribution in [3.05, 3.63) is 65.1 Å². The fraction of sp³-hybridized carbons (Fsp3) is 0.364. The van der Waals surface area contributed by atoms with Crippen molar-refractivity contribution >= 4 is 16.8 Å². The summed E-state index contributed by atoms with van der Waals surface area (Å²) < 4.78 is 29.4. The quantitative estimate of drug-likeness (QED) is 0.610. The highest BCUT2D eigenvalue weighted by atomic mass is 19.1. The Morgan fingerprint density at radius 3 is 2.61 bits per heavy atom. The van der Waals surface area contributed by atoms with Gasteiger partial charge >= 0.3 is 0 Å². The van der Waals surface area contributed by atoms with Crippen molar-refractivity contribution in [1.82, 2.24) is 24.8 Å². The number of carbonyl (C=O) groups excluding carboxylic acids is 1. The number of nitrogens with zero attached hydrogens (tertiary/aromatic N) is 4. The Balaban J connectivity index is 1.70. The Labute approximate surface area is 179 Å². The highest BCUT2D eigenvalue weighted by Crippen LogP contribution is 2.25. The third kappa shape index (κ3) is 4.73. The number of benzene rings is 1. The molecular formula is C22H25F2N5O2. The Hall–Kier alpha value is -2.88. The molecule has 0 spiro atoms. The number of halogens is 2. The monoisotopic (exact) mass is 429 g/mol. The van der Waals surface area contributed by atoms with Crippen molar-refractivity contribution in [3.63, 3.8) is 0 Å². The lowest BCUT2D eigenvalue weighted by Crippen LogP contribution is -2.43. The molecule has 0 bridgehead atoms. The predicted octanol–water partition coefficient (Wildman–Crippen LogP) is 2.40. The lowest BCUT2D eigenvalue weighted by atomic mass is 10.1. The molecule has 164 valence electrons. The summed E-state index contributed by atoms with van der Waals surface area (Å²) >= 11 is 0. The van der Waals surface area contributed by atoms with Crippen LogP contribution in [0.25, 0.3) is 10.9 Å². The van der Waals surface area contributed by atoms with Gasteiger partial charge in [0.15, 0.2) is 0 Å². The summed E-state index contributed by atoms with van der Waals surface area (Å²) in [5, 5.41) is 0.873. The molecule has 7 nitrogen and oxygen atoms in total. The minimum atomic E-state index is -0.607. The highest BCUT2D eigenvalue weighted by molar-refractivity contribution is 5.96. The molecule has 1 fully saturated rings. The first-order valence-corrected chi connectivity index (χ1v) is 10.1. The number of rotatable bonds is 6. The summed E-state index contributed by atoms with van der Waals surface area (Å²) in [5.41, 5.74) is 4.70. The molecule has 0 saturated carbocycles. The first-order chi connectivity index (χ1) is 14.9. The van der Waals surface area contributed by atoms with E-state index in [2.05, 4.69) is 27.3 Å². The summed E-state index contributed by atoms with van der Waals surface area (Å²) in [5.74, 6) is -1.64. The lowest BCUT2D eigenvalue weighted by Gasteiger charge is -2.32. The van der Waals surface area contributed by atoms with Gasteiger partial charge in [-0.3, -0.25) is 14.5 Å². The van der Waals surface area contributed by atoms with Gasteiger partial charge in [0.25, 0.3) is 5.91 Å². The second kappa shape index (κ2) is 9.09. The fourth-order valence-electron chi connectivity index (χ4n) is 3.87. The molecule has 1 aliphatic rings. The van der Waals surface area contributed by atoms with E-state index in [1.54, 1.807) is 12.3 Å². The Bertz CT molecular complexity index is 1090. The summed E-state index contributed by atoms with van der Waals surface area (Å²) in [7, 11) is 3.47.